The third-order valence-corrected chi connectivity index (χ3v) is 5.57. The van der Waals surface area contributed by atoms with Gasteiger partial charge in [0, 0.05) is 18.8 Å². The number of nitrogen functional groups attached to an aromatic ring is 1. The van der Waals surface area contributed by atoms with Crippen LogP contribution in [0.2, 0.25) is 0 Å². The molecule has 114 valence electrons. The first-order chi connectivity index (χ1) is 9.27. The minimum atomic E-state index is -3.63. The average molecular weight is 300 g/mol. The molecule has 0 fully saturated rings. The Balaban J connectivity index is 3.45. The number of nitrogens with two attached hydrogens (primary N) is 1. The Labute approximate surface area is 121 Å². The lowest BCUT2D eigenvalue weighted by molar-refractivity contribution is 0.253. The van der Waals surface area contributed by atoms with E-state index in [1.807, 2.05) is 13.8 Å². The highest BCUT2D eigenvalue weighted by molar-refractivity contribution is 7.89. The number of aryl methyl sites for hydroxylation is 2. The maximum Gasteiger partial charge on any atom is 0.243 e. The predicted molar refractivity (Wildman–Crippen MR) is 81.2 cm³/mol. The van der Waals surface area contributed by atoms with Crippen LogP contribution < -0.4 is 5.73 Å². The zero-order valence-corrected chi connectivity index (χ0v) is 13.4. The van der Waals surface area contributed by atoms with Gasteiger partial charge in [0.1, 0.15) is 0 Å². The number of anilines is 1. The van der Waals surface area contributed by atoms with Gasteiger partial charge < -0.3 is 10.8 Å². The summed E-state index contributed by atoms with van der Waals surface area (Å²) in [5, 5.41) is 9.08. The molecule has 0 aliphatic carbocycles. The molecule has 1 aromatic rings. The maximum atomic E-state index is 12.8. The molecule has 0 amide bonds. The number of hydrogen-bond donors (Lipinski definition) is 2. The van der Waals surface area contributed by atoms with E-state index >= 15 is 0 Å². The third kappa shape index (κ3) is 3.13. The van der Waals surface area contributed by atoms with Gasteiger partial charge in [0.25, 0.3) is 0 Å². The number of nitrogens with zero attached hydrogens (tertiary/aromatic N) is 1. The summed E-state index contributed by atoms with van der Waals surface area (Å²) in [6.45, 7) is 7.56. The zero-order chi connectivity index (χ0) is 15.5. The van der Waals surface area contributed by atoms with E-state index in [1.54, 1.807) is 19.9 Å². The molecule has 1 rings (SSSR count). The fourth-order valence-electron chi connectivity index (χ4n) is 2.42. The van der Waals surface area contributed by atoms with Crippen molar-refractivity contribution in [2.24, 2.45) is 0 Å². The smallest absolute Gasteiger partial charge is 0.243 e. The summed E-state index contributed by atoms with van der Waals surface area (Å²) < 4.78 is 26.9. The van der Waals surface area contributed by atoms with Crippen molar-refractivity contribution in [2.75, 3.05) is 25.4 Å². The van der Waals surface area contributed by atoms with Crippen molar-refractivity contribution in [1.82, 2.24) is 4.31 Å². The Morgan fingerprint density at radius 3 is 2.30 bits per heavy atom. The molecule has 3 N–H and O–H groups in total. The Hall–Kier alpha value is -1.11. The monoisotopic (exact) mass is 300 g/mol. The van der Waals surface area contributed by atoms with Gasteiger partial charge in [0.05, 0.1) is 11.5 Å². The summed E-state index contributed by atoms with van der Waals surface area (Å²) in [5.74, 6) is 0. The van der Waals surface area contributed by atoms with Gasteiger partial charge in [-0.15, -0.1) is 0 Å². The Morgan fingerprint density at radius 1 is 1.20 bits per heavy atom. The zero-order valence-electron chi connectivity index (χ0n) is 12.6. The fraction of sp³-hybridized carbons (Fsp3) is 0.571. The van der Waals surface area contributed by atoms with Crippen molar-refractivity contribution in [3.05, 3.63) is 22.8 Å². The van der Waals surface area contributed by atoms with E-state index in [1.165, 1.54) is 4.31 Å². The molecule has 0 atom stereocenters. The van der Waals surface area contributed by atoms with Gasteiger partial charge in [-0.05, 0) is 43.9 Å². The molecule has 0 aromatic heterocycles. The Bertz CT molecular complexity index is 577. The largest absolute Gasteiger partial charge is 0.398 e. The molecule has 0 saturated heterocycles. The highest BCUT2D eigenvalue weighted by Crippen LogP contribution is 2.30. The van der Waals surface area contributed by atoms with Crippen molar-refractivity contribution in [2.45, 2.75) is 39.0 Å². The third-order valence-electron chi connectivity index (χ3n) is 3.38. The molecular weight excluding hydrogens is 276 g/mol. The SMILES string of the molecule is CCCN(CCO)S(=O)(=O)c1c(C)cc(C)c(N)c1C. The first kappa shape index (κ1) is 16.9. The van der Waals surface area contributed by atoms with E-state index in [-0.39, 0.29) is 18.0 Å². The van der Waals surface area contributed by atoms with Gasteiger partial charge in [-0.1, -0.05) is 13.0 Å². The summed E-state index contributed by atoms with van der Waals surface area (Å²) in [6.07, 6.45) is 0.693. The lowest BCUT2D eigenvalue weighted by atomic mass is 10.1. The summed E-state index contributed by atoms with van der Waals surface area (Å²) in [4.78, 5) is 0.266. The second-order valence-corrected chi connectivity index (χ2v) is 6.88. The molecule has 5 nitrogen and oxygen atoms in total. The van der Waals surface area contributed by atoms with Crippen LogP contribution in [0.1, 0.15) is 30.0 Å². The van der Waals surface area contributed by atoms with Crippen LogP contribution in [0.25, 0.3) is 0 Å². The fourth-order valence-corrected chi connectivity index (χ4v) is 4.39. The molecule has 0 unspecified atom stereocenters. The van der Waals surface area contributed by atoms with Crippen molar-refractivity contribution in [1.29, 1.82) is 0 Å². The first-order valence-corrected chi connectivity index (χ1v) is 8.18. The van der Waals surface area contributed by atoms with Crippen molar-refractivity contribution < 1.29 is 13.5 Å². The number of hydrogen-bond acceptors (Lipinski definition) is 4. The second-order valence-electron chi connectivity index (χ2n) is 5.01. The van der Waals surface area contributed by atoms with E-state index in [9.17, 15) is 8.42 Å². The van der Waals surface area contributed by atoms with E-state index < -0.39 is 10.0 Å². The standard InChI is InChI=1S/C14H24N2O3S/c1-5-6-16(7-8-17)20(18,19)14-11(3)9-10(2)13(15)12(14)4/h9,17H,5-8,15H2,1-4H3. The quantitative estimate of drug-likeness (QED) is 0.781. The van der Waals surface area contributed by atoms with Gasteiger partial charge in [0.15, 0.2) is 0 Å². The van der Waals surface area contributed by atoms with Gasteiger partial charge >= 0.3 is 0 Å². The molecule has 0 aliphatic heterocycles. The Morgan fingerprint density at radius 2 is 1.80 bits per heavy atom. The summed E-state index contributed by atoms with van der Waals surface area (Å²) in [6, 6.07) is 1.79. The highest BCUT2D eigenvalue weighted by Gasteiger charge is 2.28. The average Bonchev–Trinajstić information content (AvgIpc) is 2.35. The lowest BCUT2D eigenvalue weighted by Gasteiger charge is -2.24. The molecular formula is C14H24N2O3S. The van der Waals surface area contributed by atoms with Crippen LogP contribution in [0.15, 0.2) is 11.0 Å². The number of aliphatic hydroxyl groups is 1. The van der Waals surface area contributed by atoms with Crippen LogP contribution in [-0.2, 0) is 10.0 Å². The number of rotatable bonds is 6. The first-order valence-electron chi connectivity index (χ1n) is 6.74. The normalized spacial score (nSPS) is 12.1. The molecule has 20 heavy (non-hydrogen) atoms. The predicted octanol–water partition coefficient (Wildman–Crippen LogP) is 1.59. The van der Waals surface area contributed by atoms with Crippen LogP contribution >= 0.6 is 0 Å². The molecule has 0 saturated carbocycles. The van der Waals surface area contributed by atoms with E-state index in [0.29, 0.717) is 29.8 Å². The summed E-state index contributed by atoms with van der Waals surface area (Å²) >= 11 is 0. The van der Waals surface area contributed by atoms with E-state index in [2.05, 4.69) is 0 Å². The minimum Gasteiger partial charge on any atom is -0.398 e. The summed E-state index contributed by atoms with van der Waals surface area (Å²) in [5.41, 5.74) is 8.62. The second kappa shape index (κ2) is 6.56. The van der Waals surface area contributed by atoms with Gasteiger partial charge in [-0.2, -0.15) is 4.31 Å². The van der Waals surface area contributed by atoms with Gasteiger partial charge in [-0.25, -0.2) is 8.42 Å². The van der Waals surface area contributed by atoms with Gasteiger partial charge in [-0.3, -0.25) is 0 Å². The molecule has 0 heterocycles. The summed E-state index contributed by atoms with van der Waals surface area (Å²) in [7, 11) is -3.63. The lowest BCUT2D eigenvalue weighted by Crippen LogP contribution is -2.35. The van der Waals surface area contributed by atoms with Crippen LogP contribution in [-0.4, -0.2) is 37.5 Å². The molecule has 0 bridgehead atoms. The van der Waals surface area contributed by atoms with E-state index in [0.717, 1.165) is 5.56 Å². The van der Waals surface area contributed by atoms with Crippen LogP contribution in [0, 0.1) is 20.8 Å². The van der Waals surface area contributed by atoms with E-state index in [4.69, 9.17) is 10.8 Å². The molecule has 0 aliphatic rings. The van der Waals surface area contributed by atoms with Crippen molar-refractivity contribution in [3.8, 4) is 0 Å². The molecule has 0 radical (unpaired) electrons. The molecule has 0 spiro atoms. The van der Waals surface area contributed by atoms with Crippen LogP contribution in [0.3, 0.4) is 0 Å². The van der Waals surface area contributed by atoms with Crippen molar-refractivity contribution in [3.63, 3.8) is 0 Å². The topological polar surface area (TPSA) is 83.6 Å². The van der Waals surface area contributed by atoms with Crippen molar-refractivity contribution >= 4 is 15.7 Å². The number of sulfonamides is 1. The number of aliphatic hydroxyl groups excluding tert-OH is 1. The van der Waals surface area contributed by atoms with Crippen LogP contribution in [0.4, 0.5) is 5.69 Å². The highest BCUT2D eigenvalue weighted by atomic mass is 32.2. The maximum absolute atomic E-state index is 12.8. The minimum absolute atomic E-state index is 0.100. The number of benzene rings is 1. The molecule has 1 aromatic carbocycles. The van der Waals surface area contributed by atoms with Crippen LogP contribution in [0.5, 0.6) is 0 Å². The Kier molecular flexibility index (Phi) is 5.56. The van der Waals surface area contributed by atoms with Gasteiger partial charge in [0.2, 0.25) is 10.0 Å². The molecule has 6 heteroatoms.